The van der Waals surface area contributed by atoms with Gasteiger partial charge in [0.25, 0.3) is 0 Å². The summed E-state index contributed by atoms with van der Waals surface area (Å²) in [7, 11) is 0. The second-order valence-electron chi connectivity index (χ2n) is 21.0. The minimum absolute atomic E-state index is 0.0357. The molecule has 54 heavy (non-hydrogen) atoms. The van der Waals surface area contributed by atoms with Gasteiger partial charge in [-0.15, -0.1) is 0 Å². The molecule has 0 radical (unpaired) electrons. The topological polar surface area (TPSA) is 138 Å². The van der Waals surface area contributed by atoms with Gasteiger partial charge in [-0.1, -0.05) is 80.9 Å². The molecule has 10 nitrogen and oxygen atoms in total. The van der Waals surface area contributed by atoms with Crippen LogP contribution in [0.1, 0.15) is 128 Å². The van der Waals surface area contributed by atoms with Gasteiger partial charge >= 0.3 is 5.97 Å². The molecule has 2 aromatic heterocycles. The Bertz CT molecular complexity index is 1770. The zero-order valence-electron chi connectivity index (χ0n) is 35.1. The van der Waals surface area contributed by atoms with Crippen molar-refractivity contribution >= 4 is 5.97 Å². The van der Waals surface area contributed by atoms with Crippen molar-refractivity contribution in [2.24, 2.45) is 67.8 Å². The maximum atomic E-state index is 13.6. The number of carboxylic acids is 1. The highest BCUT2D eigenvalue weighted by Crippen LogP contribution is 2.76. The summed E-state index contributed by atoms with van der Waals surface area (Å²) in [5.74, 6) is 0.898. The van der Waals surface area contributed by atoms with Gasteiger partial charge in [-0.3, -0.25) is 4.79 Å². The molecule has 10 heteroatoms. The van der Waals surface area contributed by atoms with Gasteiger partial charge in [0.05, 0.1) is 37.4 Å². The van der Waals surface area contributed by atoms with Crippen LogP contribution >= 0.6 is 0 Å². The fraction of sp³-hybridized carbons (Fsp3) is 0.795. The van der Waals surface area contributed by atoms with Gasteiger partial charge in [-0.2, -0.15) is 5.10 Å². The number of aliphatic carboxylic acids is 1. The number of fused-ring (bicyclic) bond motifs is 3. The van der Waals surface area contributed by atoms with E-state index in [0.717, 1.165) is 44.2 Å². The van der Waals surface area contributed by atoms with E-state index in [9.17, 15) is 9.90 Å². The van der Waals surface area contributed by atoms with Crippen LogP contribution in [0.4, 0.5) is 0 Å². The van der Waals surface area contributed by atoms with Crippen molar-refractivity contribution in [1.29, 1.82) is 0 Å². The van der Waals surface area contributed by atoms with Gasteiger partial charge in [0, 0.05) is 22.6 Å². The predicted molar refractivity (Wildman–Crippen MR) is 210 cm³/mol. The first-order chi connectivity index (χ1) is 25.1. The van der Waals surface area contributed by atoms with Crippen LogP contribution in [-0.4, -0.2) is 66.8 Å². The summed E-state index contributed by atoms with van der Waals surface area (Å²) in [6, 6.07) is 1.72. The Labute approximate surface area is 323 Å². The van der Waals surface area contributed by atoms with Crippen molar-refractivity contribution in [3.05, 3.63) is 36.6 Å². The van der Waals surface area contributed by atoms with Crippen LogP contribution in [0, 0.1) is 62.1 Å². The molecule has 4 aliphatic carbocycles. The van der Waals surface area contributed by atoms with Crippen LogP contribution in [-0.2, 0) is 14.3 Å². The number of rotatable bonds is 8. The highest BCUT2D eigenvalue weighted by molar-refractivity contribution is 5.73. The SMILES string of the molecule is CC(C)[C@@H](C)[C@@]1(C)CC[C@]2(C)[C@H]3CC[C@H]4[C@]5(C)CO[C@@H](C)[C@@]4(C[C@@H](n4ncnc4-c4ccncn4)[C@@H]5OCC(C)(N)C(C)(C)C)C3=CC[C@@]2(C)[C@@H]1C(=O)O. The zero-order chi connectivity index (χ0) is 39.4. The van der Waals surface area contributed by atoms with Gasteiger partial charge in [-0.25, -0.2) is 19.6 Å². The Hall–Kier alpha value is -2.69. The maximum Gasteiger partial charge on any atom is 0.307 e. The summed E-state index contributed by atoms with van der Waals surface area (Å²) < 4.78 is 16.3. The first kappa shape index (κ1) is 39.5. The Kier molecular flexibility index (Phi) is 9.46. The molecule has 1 unspecified atom stereocenters. The molecule has 3 N–H and O–H groups in total. The number of hydrogen-bond acceptors (Lipinski definition) is 8. The van der Waals surface area contributed by atoms with Crippen molar-refractivity contribution in [3.63, 3.8) is 0 Å². The number of hydrogen-bond donors (Lipinski definition) is 2. The summed E-state index contributed by atoms with van der Waals surface area (Å²) in [6.45, 7) is 28.1. The number of aromatic nitrogens is 5. The third kappa shape index (κ3) is 5.38. The summed E-state index contributed by atoms with van der Waals surface area (Å²) in [5.41, 5.74) is 6.99. The summed E-state index contributed by atoms with van der Waals surface area (Å²) in [6.07, 6.45) is 12.7. The Morgan fingerprint density at radius 1 is 1.07 bits per heavy atom. The molecule has 3 heterocycles. The quantitative estimate of drug-likeness (QED) is 0.255. The lowest BCUT2D eigenvalue weighted by Crippen LogP contribution is -2.71. The van der Waals surface area contributed by atoms with Gasteiger partial charge in [0.15, 0.2) is 5.82 Å². The lowest BCUT2D eigenvalue weighted by atomic mass is 9.33. The molecule has 3 saturated carbocycles. The standard InChI is InChI=1S/C44H68N6O4/c1-26(2)27(3)39(8)18-19-41(10)29-13-14-33-40(9)22-53-28(4)44(33,30(29)15-17-42(41,11)34(39)37(51)52)21-32(35(40)54-23-43(12,45)38(5,6)7)50-36(48-25-49-50)31-16-20-46-24-47-31/h15-16,20,24-29,32-35H,13-14,17-19,21-23,45H2,1-12H3,(H,51,52)/t27-,28+,29+,32-,33+,34-,35+,39-,40+,41-,42+,43?,44+/m1/s1. The van der Waals surface area contributed by atoms with Crippen LogP contribution < -0.4 is 5.73 Å². The van der Waals surface area contributed by atoms with E-state index in [0.29, 0.717) is 36.8 Å². The number of carboxylic acid groups (broad SMARTS) is 1. The van der Waals surface area contributed by atoms with E-state index in [4.69, 9.17) is 25.3 Å². The van der Waals surface area contributed by atoms with Crippen LogP contribution in [0.5, 0.6) is 0 Å². The summed E-state index contributed by atoms with van der Waals surface area (Å²) in [4.78, 5) is 27.2. The van der Waals surface area contributed by atoms with Crippen molar-refractivity contribution in [2.75, 3.05) is 13.2 Å². The average molecular weight is 745 g/mol. The van der Waals surface area contributed by atoms with Crippen LogP contribution in [0.25, 0.3) is 11.5 Å². The molecule has 7 rings (SSSR count). The van der Waals surface area contributed by atoms with E-state index in [1.807, 2.05) is 6.07 Å². The lowest BCUT2D eigenvalue weighted by Gasteiger charge is -2.72. The molecule has 4 fully saturated rings. The molecular weight excluding hydrogens is 677 g/mol. The van der Waals surface area contributed by atoms with Crippen LogP contribution in [0.3, 0.4) is 0 Å². The monoisotopic (exact) mass is 745 g/mol. The zero-order valence-corrected chi connectivity index (χ0v) is 35.1. The highest BCUT2D eigenvalue weighted by Gasteiger charge is 2.73. The van der Waals surface area contributed by atoms with Crippen molar-refractivity contribution in [2.45, 2.75) is 145 Å². The molecule has 13 atom stereocenters. The number of allylic oxidation sites excluding steroid dienone is 1. The molecule has 2 bridgehead atoms. The van der Waals surface area contributed by atoms with Gasteiger partial charge in [0.1, 0.15) is 18.3 Å². The van der Waals surface area contributed by atoms with Crippen LogP contribution in [0.2, 0.25) is 0 Å². The van der Waals surface area contributed by atoms with Gasteiger partial charge in [-0.05, 0) is 104 Å². The van der Waals surface area contributed by atoms with Crippen molar-refractivity contribution in [3.8, 4) is 11.5 Å². The fourth-order valence-corrected chi connectivity index (χ4v) is 13.0. The first-order valence-electron chi connectivity index (χ1n) is 20.7. The highest BCUT2D eigenvalue weighted by atomic mass is 16.5. The Balaban J connectivity index is 1.38. The van der Waals surface area contributed by atoms with E-state index in [-0.39, 0.29) is 56.7 Å². The van der Waals surface area contributed by atoms with Gasteiger partial charge in [0.2, 0.25) is 0 Å². The normalized spacial score (nSPS) is 42.2. The van der Waals surface area contributed by atoms with E-state index in [2.05, 4.69) is 104 Å². The van der Waals surface area contributed by atoms with Gasteiger partial charge < -0.3 is 20.3 Å². The smallest absolute Gasteiger partial charge is 0.307 e. The van der Waals surface area contributed by atoms with E-state index < -0.39 is 17.4 Å². The second-order valence-corrected chi connectivity index (χ2v) is 21.0. The molecular formula is C44H68N6O4. The lowest BCUT2D eigenvalue weighted by molar-refractivity contribution is -0.274. The summed E-state index contributed by atoms with van der Waals surface area (Å²) >= 11 is 0. The molecule has 298 valence electrons. The fourth-order valence-electron chi connectivity index (χ4n) is 13.0. The minimum Gasteiger partial charge on any atom is -0.481 e. The molecule has 5 aliphatic rings. The third-order valence-corrected chi connectivity index (χ3v) is 17.6. The molecule has 0 aromatic carbocycles. The number of nitrogens with two attached hydrogens (primary N) is 1. The maximum absolute atomic E-state index is 13.6. The van der Waals surface area contributed by atoms with Crippen molar-refractivity contribution < 1.29 is 19.4 Å². The first-order valence-corrected chi connectivity index (χ1v) is 20.7. The largest absolute Gasteiger partial charge is 0.481 e. The van der Waals surface area contributed by atoms with E-state index in [1.165, 1.54) is 5.57 Å². The second kappa shape index (κ2) is 12.9. The molecule has 1 saturated heterocycles. The van der Waals surface area contributed by atoms with E-state index in [1.54, 1.807) is 18.9 Å². The number of carbonyl (C=O) groups is 1. The molecule has 2 aromatic rings. The molecule has 0 spiro atoms. The predicted octanol–water partition coefficient (Wildman–Crippen LogP) is 8.40. The number of ether oxygens (including phenoxy) is 2. The third-order valence-electron chi connectivity index (χ3n) is 17.6. The molecule has 1 aliphatic heterocycles. The van der Waals surface area contributed by atoms with E-state index >= 15 is 0 Å². The summed E-state index contributed by atoms with van der Waals surface area (Å²) in [5, 5.41) is 16.1. The minimum atomic E-state index is -0.632. The van der Waals surface area contributed by atoms with Crippen LogP contribution in [0.15, 0.2) is 36.6 Å². The van der Waals surface area contributed by atoms with Crippen molar-refractivity contribution in [1.82, 2.24) is 24.7 Å². The number of nitrogens with zero attached hydrogens (tertiary/aromatic N) is 5. The Morgan fingerprint density at radius 2 is 1.80 bits per heavy atom. The Morgan fingerprint density at radius 3 is 2.43 bits per heavy atom. The average Bonchev–Trinajstić information content (AvgIpc) is 3.59. The molecule has 0 amide bonds.